The average Bonchev–Trinajstić information content (AvgIpc) is 0.837. The van der Waals surface area contributed by atoms with Gasteiger partial charge in [-0.15, -0.1) is 0 Å². The molecule has 0 saturated heterocycles. The van der Waals surface area contributed by atoms with Crippen LogP contribution in [0.15, 0.2) is 152 Å². The fraction of sp³-hybridized carbons (Fsp3) is 0.644. The molecule has 5 aromatic rings. The molecule has 97 heavy (non-hydrogen) atoms. The van der Waals surface area contributed by atoms with Gasteiger partial charge in [0.05, 0.1) is 70.6 Å². The van der Waals surface area contributed by atoms with E-state index in [1.165, 1.54) is 193 Å². The van der Waals surface area contributed by atoms with Gasteiger partial charge in [0.2, 0.25) is 0 Å². The van der Waals surface area contributed by atoms with Crippen LogP contribution in [-0.4, -0.2) is 75.1 Å². The summed E-state index contributed by atoms with van der Waals surface area (Å²) in [7, 11) is 0. The molecule has 1 saturated carbocycles. The molecule has 10 nitrogen and oxygen atoms in total. The number of carbonyl (C=O) groups is 1. The molecule has 0 heterocycles. The number of ether oxygens (including phenoxy) is 7. The normalized spacial score (nSPS) is 17.2. The lowest BCUT2D eigenvalue weighted by Gasteiger charge is -2.46. The van der Waals surface area contributed by atoms with Crippen molar-refractivity contribution >= 4 is 6.03 Å². The van der Waals surface area contributed by atoms with Gasteiger partial charge in [0, 0.05) is 19.1 Å². The van der Waals surface area contributed by atoms with E-state index in [1.807, 2.05) is 49.4 Å². The van der Waals surface area contributed by atoms with Gasteiger partial charge in [-0.25, -0.2) is 4.79 Å². The van der Waals surface area contributed by atoms with Crippen molar-refractivity contribution in [1.29, 1.82) is 0 Å². The van der Waals surface area contributed by atoms with Gasteiger partial charge in [0.1, 0.15) is 18.3 Å². The first-order chi connectivity index (χ1) is 48.0. The standard InChI is InChI=1S/C87H134N2O8/c1-4-7-9-11-13-15-17-19-20-21-22-23-24-25-26-27-28-30-32-34-36-53-65-88-87(90)89-80(84(95-69-76-58-46-39-47-59-76)81(92-67-74-54-42-37-43-55-74)64-52-35-33-31-29-18-16-14-12-10-8-5-2)73-93-82-66-79(72-91-6-3)83(94-68-75-56-44-38-45-57-75)86(97-71-78-62-50-41-51-63-78)85(82)96-70-77-60-48-40-49-61-77/h37-51,54-63,79-86H,4-36,52-53,64-73H2,1-3H3,(H2,88,89,90)/t79-,80+,81-,82+,83+,84+,85+,86+/m1/s1. The van der Waals surface area contributed by atoms with Crippen LogP contribution < -0.4 is 10.6 Å². The molecule has 10 heteroatoms. The summed E-state index contributed by atoms with van der Waals surface area (Å²) in [5.41, 5.74) is 5.33. The predicted octanol–water partition coefficient (Wildman–Crippen LogP) is 22.7. The average molecular weight is 1340 g/mol. The first-order valence-electron chi connectivity index (χ1n) is 39.6. The maximum Gasteiger partial charge on any atom is 0.315 e. The van der Waals surface area contributed by atoms with Crippen LogP contribution in [0, 0.1) is 5.92 Å². The molecule has 0 bridgehead atoms. The largest absolute Gasteiger partial charge is 0.381 e. The minimum Gasteiger partial charge on any atom is -0.381 e. The molecular weight excluding hydrogens is 1200 g/mol. The number of unbranched alkanes of at least 4 members (excludes halogenated alkanes) is 32. The maximum absolute atomic E-state index is 14.7. The predicted molar refractivity (Wildman–Crippen MR) is 403 cm³/mol. The number of carbonyl (C=O) groups excluding carboxylic acids is 1. The SMILES string of the molecule is CCCCCCCCCCCCCCCCCCCCCCCCNC(=O)N[C@@H](CO[C@H]1C[C@H](COCC)[C@H](OCc2ccccc2)[C@H](OCc2ccccc2)[C@H]1OCc1ccccc1)[C@H](OCc1ccccc1)[C@@H](CCCCCCCCCCCCCC)OCc1ccccc1. The first-order valence-corrected chi connectivity index (χ1v) is 39.6. The van der Waals surface area contributed by atoms with Crippen molar-refractivity contribution in [3.63, 3.8) is 0 Å². The van der Waals surface area contributed by atoms with E-state index in [0.717, 1.165) is 59.9 Å². The van der Waals surface area contributed by atoms with Gasteiger partial charge in [-0.1, -0.05) is 377 Å². The highest BCUT2D eigenvalue weighted by Gasteiger charge is 2.49. The third-order valence-electron chi connectivity index (χ3n) is 19.7. The van der Waals surface area contributed by atoms with E-state index in [2.05, 4.69) is 134 Å². The van der Waals surface area contributed by atoms with E-state index in [-0.39, 0.29) is 24.7 Å². The lowest BCUT2D eigenvalue weighted by atomic mass is 9.80. The minimum atomic E-state index is -0.623. The lowest BCUT2D eigenvalue weighted by molar-refractivity contribution is -0.235. The van der Waals surface area contributed by atoms with Crippen LogP contribution in [0.2, 0.25) is 0 Å². The van der Waals surface area contributed by atoms with Gasteiger partial charge in [-0.3, -0.25) is 0 Å². The minimum absolute atomic E-state index is 0.114. The van der Waals surface area contributed by atoms with Crippen LogP contribution in [0.1, 0.15) is 280 Å². The summed E-state index contributed by atoms with van der Waals surface area (Å²) < 4.78 is 49.7. The number of nitrogens with one attached hydrogen (secondary N) is 2. The zero-order valence-electron chi connectivity index (χ0n) is 61.1. The van der Waals surface area contributed by atoms with Gasteiger partial charge in [0.25, 0.3) is 0 Å². The van der Waals surface area contributed by atoms with Crippen LogP contribution in [-0.2, 0) is 66.2 Å². The van der Waals surface area contributed by atoms with Gasteiger partial charge in [0.15, 0.2) is 0 Å². The Balaban J connectivity index is 1.17. The smallest absolute Gasteiger partial charge is 0.315 e. The molecule has 1 aliphatic rings. The van der Waals surface area contributed by atoms with Gasteiger partial charge < -0.3 is 43.8 Å². The second-order valence-corrected chi connectivity index (χ2v) is 28.0. The lowest BCUT2D eigenvalue weighted by Crippen LogP contribution is -2.60. The molecule has 1 aliphatic carbocycles. The molecule has 0 aromatic heterocycles. The van der Waals surface area contributed by atoms with Crippen LogP contribution in [0.25, 0.3) is 0 Å². The van der Waals surface area contributed by atoms with Crippen LogP contribution in [0.5, 0.6) is 0 Å². The van der Waals surface area contributed by atoms with E-state index in [9.17, 15) is 4.79 Å². The van der Waals surface area contributed by atoms with Crippen molar-refractivity contribution in [3.8, 4) is 0 Å². The highest BCUT2D eigenvalue weighted by Crippen LogP contribution is 2.37. The summed E-state index contributed by atoms with van der Waals surface area (Å²) in [6.45, 7) is 10.2. The molecule has 2 amide bonds. The Morgan fingerprint density at radius 3 is 1.11 bits per heavy atom. The molecule has 1 fully saturated rings. The fourth-order valence-corrected chi connectivity index (χ4v) is 13.9. The zero-order valence-corrected chi connectivity index (χ0v) is 61.1. The first kappa shape index (κ1) is 81.1. The Bertz CT molecular complexity index is 2560. The monoisotopic (exact) mass is 1340 g/mol. The Morgan fingerprint density at radius 2 is 0.722 bits per heavy atom. The van der Waals surface area contributed by atoms with Gasteiger partial charge >= 0.3 is 6.03 Å². The Morgan fingerprint density at radius 1 is 0.381 bits per heavy atom. The van der Waals surface area contributed by atoms with Gasteiger partial charge in [-0.05, 0) is 54.0 Å². The quantitative estimate of drug-likeness (QED) is 0.0371. The molecular formula is C87H134N2O8. The molecule has 0 unspecified atom stereocenters. The number of benzene rings is 5. The zero-order chi connectivity index (χ0) is 67.9. The number of hydrogen-bond donors (Lipinski definition) is 2. The summed E-state index contributed by atoms with van der Waals surface area (Å²) in [5.74, 6) is -0.114. The van der Waals surface area contributed by atoms with Crippen molar-refractivity contribution < 1.29 is 38.0 Å². The van der Waals surface area contributed by atoms with Crippen LogP contribution in [0.3, 0.4) is 0 Å². The second kappa shape index (κ2) is 54.9. The molecule has 0 spiro atoms. The van der Waals surface area contributed by atoms with Crippen molar-refractivity contribution in [1.82, 2.24) is 10.6 Å². The molecule has 2 N–H and O–H groups in total. The van der Waals surface area contributed by atoms with E-state index in [4.69, 9.17) is 33.2 Å². The highest BCUT2D eigenvalue weighted by atomic mass is 16.6. The van der Waals surface area contributed by atoms with E-state index in [1.54, 1.807) is 0 Å². The highest BCUT2D eigenvalue weighted by molar-refractivity contribution is 5.74. The van der Waals surface area contributed by atoms with Gasteiger partial charge in [-0.2, -0.15) is 0 Å². The number of rotatable bonds is 60. The number of hydrogen-bond acceptors (Lipinski definition) is 8. The Hall–Kier alpha value is -4.91. The summed E-state index contributed by atoms with van der Waals surface area (Å²) >= 11 is 0. The van der Waals surface area contributed by atoms with Crippen molar-refractivity contribution in [2.45, 2.75) is 328 Å². The summed E-state index contributed by atoms with van der Waals surface area (Å²) in [6, 6.07) is 51.0. The second-order valence-electron chi connectivity index (χ2n) is 28.0. The van der Waals surface area contributed by atoms with Crippen molar-refractivity contribution in [3.05, 3.63) is 179 Å². The topological polar surface area (TPSA) is 106 Å². The third kappa shape index (κ3) is 36.8. The summed E-state index contributed by atoms with van der Waals surface area (Å²) in [4.78, 5) is 14.7. The summed E-state index contributed by atoms with van der Waals surface area (Å²) in [6.07, 6.45) is 43.1. The van der Waals surface area contributed by atoms with E-state index in [0.29, 0.717) is 59.2 Å². The molecule has 0 radical (unpaired) electrons. The van der Waals surface area contributed by atoms with Crippen LogP contribution >= 0.6 is 0 Å². The Kier molecular flexibility index (Phi) is 45.8. The third-order valence-corrected chi connectivity index (χ3v) is 19.7. The molecule has 6 rings (SSSR count). The maximum atomic E-state index is 14.7. The van der Waals surface area contributed by atoms with Crippen molar-refractivity contribution in [2.24, 2.45) is 5.92 Å². The molecule has 0 aliphatic heterocycles. The van der Waals surface area contributed by atoms with E-state index < -0.39 is 36.6 Å². The molecule has 8 atom stereocenters. The Labute approximate surface area is 591 Å². The van der Waals surface area contributed by atoms with E-state index >= 15 is 0 Å². The number of urea groups is 1. The number of amides is 2. The van der Waals surface area contributed by atoms with Crippen LogP contribution in [0.4, 0.5) is 4.79 Å². The summed E-state index contributed by atoms with van der Waals surface area (Å²) in [5, 5.41) is 6.81. The molecule has 5 aromatic carbocycles. The van der Waals surface area contributed by atoms with Crippen molar-refractivity contribution in [2.75, 3.05) is 26.4 Å². The fourth-order valence-electron chi connectivity index (χ4n) is 13.9. The molecule has 540 valence electrons.